The van der Waals surface area contributed by atoms with Crippen LogP contribution in [0, 0.1) is 0 Å². The molecule has 0 N–H and O–H groups in total. The number of amides is 2. The highest BCUT2D eigenvalue weighted by Crippen LogP contribution is 2.28. The highest BCUT2D eigenvalue weighted by molar-refractivity contribution is 6.42. The van der Waals surface area contributed by atoms with Gasteiger partial charge in [0.15, 0.2) is 6.61 Å². The van der Waals surface area contributed by atoms with E-state index >= 15 is 0 Å². The van der Waals surface area contributed by atoms with E-state index in [-0.39, 0.29) is 17.3 Å². The number of Topliss-reactive ketones (excluding diaryl/α,β-unsaturated/α-hetero) is 1. The highest BCUT2D eigenvalue weighted by atomic mass is 35.5. The van der Waals surface area contributed by atoms with Crippen molar-refractivity contribution in [2.45, 2.75) is 5.92 Å². The lowest BCUT2D eigenvalue weighted by Crippen LogP contribution is -2.37. The summed E-state index contributed by atoms with van der Waals surface area (Å²) in [7, 11) is 0. The minimum absolute atomic E-state index is 0.0121. The van der Waals surface area contributed by atoms with Gasteiger partial charge >= 0.3 is 0 Å². The molecule has 1 fully saturated rings. The number of carbonyl (C=O) groups excluding carboxylic acids is 3. The Labute approximate surface area is 154 Å². The Morgan fingerprint density at radius 2 is 1.84 bits per heavy atom. The maximum absolute atomic E-state index is 12.3. The van der Waals surface area contributed by atoms with Crippen molar-refractivity contribution in [3.8, 4) is 5.75 Å². The highest BCUT2D eigenvalue weighted by Gasteiger charge is 2.42. The van der Waals surface area contributed by atoms with Crippen molar-refractivity contribution in [3.05, 3.63) is 64.1 Å². The lowest BCUT2D eigenvalue weighted by molar-refractivity contribution is -0.148. The lowest BCUT2D eigenvalue weighted by Gasteiger charge is -2.15. The van der Waals surface area contributed by atoms with E-state index in [4.69, 9.17) is 27.9 Å². The molecule has 1 heterocycles. The van der Waals surface area contributed by atoms with Crippen molar-refractivity contribution in [2.75, 3.05) is 13.2 Å². The van der Waals surface area contributed by atoms with Crippen LogP contribution in [-0.4, -0.2) is 35.6 Å². The van der Waals surface area contributed by atoms with Crippen molar-refractivity contribution in [3.63, 3.8) is 0 Å². The van der Waals surface area contributed by atoms with E-state index in [1.807, 2.05) is 6.07 Å². The number of ketones is 1. The number of rotatable bonds is 4. The molecule has 0 saturated carbocycles. The summed E-state index contributed by atoms with van der Waals surface area (Å²) < 4.78 is 5.35. The Kier molecular flexibility index (Phi) is 5.06. The fourth-order valence-electron chi connectivity index (χ4n) is 2.60. The second kappa shape index (κ2) is 7.25. The molecule has 2 aromatic carbocycles. The van der Waals surface area contributed by atoms with E-state index in [2.05, 4.69) is 0 Å². The molecule has 0 radical (unpaired) electrons. The van der Waals surface area contributed by atoms with E-state index in [0.717, 1.165) is 4.90 Å². The van der Waals surface area contributed by atoms with Gasteiger partial charge < -0.3 is 4.74 Å². The van der Waals surface area contributed by atoms with Crippen LogP contribution >= 0.6 is 23.2 Å². The van der Waals surface area contributed by atoms with Gasteiger partial charge in [-0.15, -0.1) is 0 Å². The Hall–Kier alpha value is -2.37. The number of benzene rings is 2. The van der Waals surface area contributed by atoms with E-state index in [1.54, 1.807) is 30.3 Å². The number of hydrogen-bond donors (Lipinski definition) is 0. The summed E-state index contributed by atoms with van der Waals surface area (Å²) in [5.74, 6) is -2.37. The molecule has 0 unspecified atom stereocenters. The van der Waals surface area contributed by atoms with Crippen molar-refractivity contribution in [2.24, 2.45) is 0 Å². The topological polar surface area (TPSA) is 63.7 Å². The van der Waals surface area contributed by atoms with Crippen LogP contribution in [-0.2, 0) is 14.4 Å². The number of ether oxygens (including phenoxy) is 1. The molecule has 0 bridgehead atoms. The van der Waals surface area contributed by atoms with E-state index in [1.165, 1.54) is 12.1 Å². The molecule has 0 aliphatic carbocycles. The summed E-state index contributed by atoms with van der Waals surface area (Å²) in [5.41, 5.74) is 0.706. The van der Waals surface area contributed by atoms with E-state index < -0.39 is 30.1 Å². The monoisotopic (exact) mass is 377 g/mol. The first-order valence-electron chi connectivity index (χ1n) is 7.48. The molecule has 1 atom stereocenters. The van der Waals surface area contributed by atoms with Gasteiger partial charge in [-0.2, -0.15) is 0 Å². The summed E-state index contributed by atoms with van der Waals surface area (Å²) in [6.07, 6.45) is 0. The summed E-state index contributed by atoms with van der Waals surface area (Å²) >= 11 is 11.8. The van der Waals surface area contributed by atoms with Crippen LogP contribution in [0.4, 0.5) is 0 Å². The third-order valence-electron chi connectivity index (χ3n) is 3.89. The van der Waals surface area contributed by atoms with Crippen molar-refractivity contribution in [1.82, 2.24) is 4.90 Å². The zero-order chi connectivity index (χ0) is 18.0. The minimum atomic E-state index is -0.815. The van der Waals surface area contributed by atoms with Gasteiger partial charge in [-0.1, -0.05) is 53.5 Å². The lowest BCUT2D eigenvalue weighted by atomic mass is 9.97. The molecule has 25 heavy (non-hydrogen) atoms. The van der Waals surface area contributed by atoms with Crippen LogP contribution < -0.4 is 4.74 Å². The van der Waals surface area contributed by atoms with Crippen LogP contribution in [0.15, 0.2) is 48.5 Å². The Balaban J connectivity index is 1.68. The van der Waals surface area contributed by atoms with Crippen molar-refractivity contribution < 1.29 is 19.1 Å². The van der Waals surface area contributed by atoms with Gasteiger partial charge in [0.05, 0.1) is 10.9 Å². The third-order valence-corrected chi connectivity index (χ3v) is 4.42. The molecule has 3 rings (SSSR count). The number of carbonyl (C=O) groups is 3. The van der Waals surface area contributed by atoms with Gasteiger partial charge in [0.25, 0.3) is 11.8 Å². The maximum atomic E-state index is 12.3. The standard InChI is InChI=1S/C18H13Cl2NO4/c19-12-6-7-15(14(20)8-12)25-10-16(22)21-9-13(17(23)18(21)24)11-4-2-1-3-5-11/h1-8,13H,9-10H2/t13-/m1/s1. The SMILES string of the molecule is O=C1C(=O)N(C(=O)COc2ccc(Cl)cc2Cl)C[C@@H]1c1ccccc1. The Bertz CT molecular complexity index is 838. The normalized spacial score (nSPS) is 17.0. The van der Waals surface area contributed by atoms with Gasteiger partial charge in [-0.25, -0.2) is 0 Å². The first-order valence-corrected chi connectivity index (χ1v) is 8.24. The molecule has 2 aromatic rings. The molecule has 0 aromatic heterocycles. The fourth-order valence-corrected chi connectivity index (χ4v) is 3.06. The zero-order valence-electron chi connectivity index (χ0n) is 12.9. The summed E-state index contributed by atoms with van der Waals surface area (Å²) in [6.45, 7) is -0.389. The number of imide groups is 1. The molecular weight excluding hydrogens is 365 g/mol. The smallest absolute Gasteiger partial charge is 0.297 e. The second-order valence-corrected chi connectivity index (χ2v) is 6.34. The number of halogens is 2. The second-order valence-electron chi connectivity index (χ2n) is 5.50. The number of nitrogens with zero attached hydrogens (tertiary/aromatic N) is 1. The molecule has 1 aliphatic heterocycles. The average molecular weight is 378 g/mol. The van der Waals surface area contributed by atoms with Crippen LogP contribution in [0.3, 0.4) is 0 Å². The van der Waals surface area contributed by atoms with Crippen LogP contribution in [0.1, 0.15) is 11.5 Å². The largest absolute Gasteiger partial charge is 0.482 e. The predicted molar refractivity (Wildman–Crippen MR) is 92.9 cm³/mol. The van der Waals surface area contributed by atoms with Crippen LogP contribution in [0.5, 0.6) is 5.75 Å². The van der Waals surface area contributed by atoms with Gasteiger partial charge in [-0.3, -0.25) is 19.3 Å². The number of hydrogen-bond acceptors (Lipinski definition) is 4. The van der Waals surface area contributed by atoms with E-state index in [0.29, 0.717) is 10.6 Å². The van der Waals surface area contributed by atoms with Gasteiger partial charge in [0.2, 0.25) is 5.78 Å². The molecule has 128 valence electrons. The predicted octanol–water partition coefficient (Wildman–Crippen LogP) is 3.09. The summed E-state index contributed by atoms with van der Waals surface area (Å²) in [5, 5.41) is 0.695. The summed E-state index contributed by atoms with van der Waals surface area (Å²) in [4.78, 5) is 37.5. The van der Waals surface area contributed by atoms with Gasteiger partial charge in [-0.05, 0) is 23.8 Å². The third kappa shape index (κ3) is 3.67. The first-order chi connectivity index (χ1) is 12.0. The molecule has 5 nitrogen and oxygen atoms in total. The van der Waals surface area contributed by atoms with Crippen molar-refractivity contribution in [1.29, 1.82) is 0 Å². The molecular formula is C18H13Cl2NO4. The molecule has 2 amide bonds. The average Bonchev–Trinajstić information content (AvgIpc) is 2.90. The Morgan fingerprint density at radius 3 is 2.52 bits per heavy atom. The summed E-state index contributed by atoms with van der Waals surface area (Å²) in [6, 6.07) is 13.5. The molecule has 0 spiro atoms. The first kappa shape index (κ1) is 17.5. The van der Waals surface area contributed by atoms with Crippen LogP contribution in [0.25, 0.3) is 0 Å². The van der Waals surface area contributed by atoms with E-state index in [9.17, 15) is 14.4 Å². The quantitative estimate of drug-likeness (QED) is 0.768. The fraction of sp³-hybridized carbons (Fsp3) is 0.167. The van der Waals surface area contributed by atoms with Gasteiger partial charge in [0, 0.05) is 11.6 Å². The maximum Gasteiger partial charge on any atom is 0.297 e. The molecule has 1 aliphatic rings. The van der Waals surface area contributed by atoms with Gasteiger partial charge in [0.1, 0.15) is 5.75 Å². The Morgan fingerprint density at radius 1 is 1.12 bits per heavy atom. The minimum Gasteiger partial charge on any atom is -0.482 e. The zero-order valence-corrected chi connectivity index (χ0v) is 14.5. The molecule has 7 heteroatoms. The van der Waals surface area contributed by atoms with Crippen LogP contribution in [0.2, 0.25) is 10.0 Å². The molecule has 1 saturated heterocycles. The van der Waals surface area contributed by atoms with Crippen molar-refractivity contribution >= 4 is 40.8 Å². The number of likely N-dealkylation sites (tertiary alicyclic amines) is 1.